The summed E-state index contributed by atoms with van der Waals surface area (Å²) in [4.78, 5) is 3.99. The number of aromatic nitrogens is 1. The lowest BCUT2D eigenvalue weighted by Crippen LogP contribution is -2.20. The van der Waals surface area contributed by atoms with Crippen LogP contribution in [0.25, 0.3) is 0 Å². The van der Waals surface area contributed by atoms with Crippen LogP contribution in [0.2, 0.25) is 0 Å². The fourth-order valence-corrected chi connectivity index (χ4v) is 2.76. The zero-order valence-electron chi connectivity index (χ0n) is 9.97. The Bertz CT molecular complexity index is 312. The van der Waals surface area contributed by atoms with Gasteiger partial charge in [0.05, 0.1) is 6.10 Å². The maximum Gasteiger partial charge on any atom is 0.0608 e. The first-order valence-electron chi connectivity index (χ1n) is 6.36. The molecule has 3 atom stereocenters. The summed E-state index contributed by atoms with van der Waals surface area (Å²) in [5, 5.41) is 10.2. The molecule has 2 heteroatoms. The molecule has 1 N–H and O–H groups in total. The lowest BCUT2D eigenvalue weighted by Gasteiger charge is -2.18. The number of pyridine rings is 1. The van der Waals surface area contributed by atoms with Crippen LogP contribution < -0.4 is 0 Å². The van der Waals surface area contributed by atoms with Crippen LogP contribution in [0.3, 0.4) is 0 Å². The van der Waals surface area contributed by atoms with Crippen molar-refractivity contribution >= 4 is 0 Å². The van der Waals surface area contributed by atoms with E-state index in [1.54, 1.807) is 12.4 Å². The fourth-order valence-electron chi connectivity index (χ4n) is 2.76. The van der Waals surface area contributed by atoms with Crippen LogP contribution in [0.5, 0.6) is 0 Å². The third-order valence-corrected chi connectivity index (χ3v) is 3.90. The van der Waals surface area contributed by atoms with Gasteiger partial charge in [0.25, 0.3) is 0 Å². The van der Waals surface area contributed by atoms with Crippen molar-refractivity contribution in [3.8, 4) is 0 Å². The summed E-state index contributed by atoms with van der Waals surface area (Å²) in [6, 6.07) is 3.99. The molecule has 1 fully saturated rings. The highest BCUT2D eigenvalue weighted by molar-refractivity contribution is 5.11. The van der Waals surface area contributed by atoms with Gasteiger partial charge in [-0.05, 0) is 48.8 Å². The predicted octanol–water partition coefficient (Wildman–Crippen LogP) is 2.81. The zero-order valence-corrected chi connectivity index (χ0v) is 9.97. The molecule has 3 unspecified atom stereocenters. The van der Waals surface area contributed by atoms with Gasteiger partial charge in [0, 0.05) is 12.4 Å². The number of hydrogen-bond acceptors (Lipinski definition) is 2. The van der Waals surface area contributed by atoms with E-state index in [0.29, 0.717) is 5.92 Å². The summed E-state index contributed by atoms with van der Waals surface area (Å²) in [5.41, 5.74) is 1.20. The Balaban J connectivity index is 1.87. The second-order valence-corrected chi connectivity index (χ2v) is 4.97. The topological polar surface area (TPSA) is 33.1 Å². The number of aliphatic hydroxyl groups excluding tert-OH is 1. The Labute approximate surface area is 97.7 Å². The Hall–Kier alpha value is -0.890. The van der Waals surface area contributed by atoms with Crippen LogP contribution >= 0.6 is 0 Å². The lowest BCUT2D eigenvalue weighted by atomic mass is 9.94. The molecule has 0 aliphatic heterocycles. The van der Waals surface area contributed by atoms with Gasteiger partial charge in [-0.15, -0.1) is 0 Å². The van der Waals surface area contributed by atoms with Gasteiger partial charge in [-0.25, -0.2) is 0 Å². The van der Waals surface area contributed by atoms with E-state index < -0.39 is 0 Å². The molecule has 0 radical (unpaired) electrons. The van der Waals surface area contributed by atoms with E-state index in [0.717, 1.165) is 12.3 Å². The lowest BCUT2D eigenvalue weighted by molar-refractivity contribution is 0.108. The summed E-state index contributed by atoms with van der Waals surface area (Å²) >= 11 is 0. The monoisotopic (exact) mass is 219 g/mol. The molecule has 1 aliphatic rings. The van der Waals surface area contributed by atoms with Crippen molar-refractivity contribution in [3.05, 3.63) is 30.1 Å². The van der Waals surface area contributed by atoms with Crippen molar-refractivity contribution in [2.24, 2.45) is 11.8 Å². The van der Waals surface area contributed by atoms with Crippen LogP contribution in [0.15, 0.2) is 24.5 Å². The Morgan fingerprint density at radius 3 is 2.75 bits per heavy atom. The molecule has 0 amide bonds. The van der Waals surface area contributed by atoms with Crippen molar-refractivity contribution < 1.29 is 5.11 Å². The van der Waals surface area contributed by atoms with Crippen molar-refractivity contribution in [1.29, 1.82) is 0 Å². The zero-order chi connectivity index (χ0) is 11.4. The van der Waals surface area contributed by atoms with E-state index in [1.807, 2.05) is 12.1 Å². The second kappa shape index (κ2) is 5.44. The van der Waals surface area contributed by atoms with Gasteiger partial charge >= 0.3 is 0 Å². The maximum absolute atomic E-state index is 10.2. The smallest absolute Gasteiger partial charge is 0.0608 e. The summed E-state index contributed by atoms with van der Waals surface area (Å²) in [6.45, 7) is 2.25. The largest absolute Gasteiger partial charge is 0.392 e. The molecule has 16 heavy (non-hydrogen) atoms. The van der Waals surface area contributed by atoms with Gasteiger partial charge in [-0.3, -0.25) is 4.98 Å². The van der Waals surface area contributed by atoms with Crippen molar-refractivity contribution in [2.45, 2.75) is 45.1 Å². The number of rotatable bonds is 4. The highest BCUT2D eigenvalue weighted by atomic mass is 16.3. The summed E-state index contributed by atoms with van der Waals surface area (Å²) in [7, 11) is 0. The summed E-state index contributed by atoms with van der Waals surface area (Å²) in [5.74, 6) is 1.36. The number of nitrogens with zero attached hydrogens (tertiary/aromatic N) is 1. The van der Waals surface area contributed by atoms with Gasteiger partial charge in [0.1, 0.15) is 0 Å². The molecular formula is C14H21NO. The fraction of sp³-hybridized carbons (Fsp3) is 0.643. The molecule has 1 aliphatic carbocycles. The summed E-state index contributed by atoms with van der Waals surface area (Å²) in [6.07, 6.45) is 9.18. The number of aliphatic hydroxyl groups is 1. The first kappa shape index (κ1) is 11.6. The van der Waals surface area contributed by atoms with E-state index in [2.05, 4.69) is 11.9 Å². The minimum atomic E-state index is -0.168. The van der Waals surface area contributed by atoms with E-state index in [1.165, 1.54) is 31.2 Å². The third kappa shape index (κ3) is 2.82. The van der Waals surface area contributed by atoms with Crippen molar-refractivity contribution in [3.63, 3.8) is 0 Å². The van der Waals surface area contributed by atoms with Crippen molar-refractivity contribution in [2.75, 3.05) is 0 Å². The van der Waals surface area contributed by atoms with Crippen LogP contribution in [0.4, 0.5) is 0 Å². The quantitative estimate of drug-likeness (QED) is 0.844. The van der Waals surface area contributed by atoms with E-state index in [9.17, 15) is 5.11 Å². The van der Waals surface area contributed by atoms with Gasteiger partial charge in [0.15, 0.2) is 0 Å². The van der Waals surface area contributed by atoms with E-state index in [4.69, 9.17) is 0 Å². The van der Waals surface area contributed by atoms with E-state index in [-0.39, 0.29) is 6.10 Å². The molecule has 0 aromatic carbocycles. The molecule has 0 saturated heterocycles. The molecule has 0 bridgehead atoms. The predicted molar refractivity (Wildman–Crippen MR) is 65.1 cm³/mol. The van der Waals surface area contributed by atoms with Gasteiger partial charge in [-0.2, -0.15) is 0 Å². The molecule has 2 rings (SSSR count). The Morgan fingerprint density at radius 1 is 1.38 bits per heavy atom. The minimum absolute atomic E-state index is 0.168. The van der Waals surface area contributed by atoms with Crippen LogP contribution in [-0.2, 0) is 6.42 Å². The van der Waals surface area contributed by atoms with Crippen molar-refractivity contribution in [1.82, 2.24) is 4.98 Å². The third-order valence-electron chi connectivity index (χ3n) is 3.90. The summed E-state index contributed by atoms with van der Waals surface area (Å²) < 4.78 is 0. The average Bonchev–Trinajstić information content (AvgIpc) is 2.79. The van der Waals surface area contributed by atoms with Crippen LogP contribution in [0, 0.1) is 11.8 Å². The molecule has 1 saturated carbocycles. The normalized spacial score (nSPS) is 26.9. The first-order valence-corrected chi connectivity index (χ1v) is 6.36. The highest BCUT2D eigenvalue weighted by Gasteiger charge is 2.28. The molecule has 1 heterocycles. The molecule has 1 aromatic rings. The highest BCUT2D eigenvalue weighted by Crippen LogP contribution is 2.35. The van der Waals surface area contributed by atoms with Crippen LogP contribution in [0.1, 0.15) is 38.2 Å². The maximum atomic E-state index is 10.2. The molecule has 0 spiro atoms. The van der Waals surface area contributed by atoms with Crippen LogP contribution in [-0.4, -0.2) is 16.2 Å². The van der Waals surface area contributed by atoms with E-state index >= 15 is 0 Å². The Morgan fingerprint density at radius 2 is 2.12 bits per heavy atom. The SMILES string of the molecule is CCC1CCC(C(O)Cc2ccncc2)C1. The molecule has 1 aromatic heterocycles. The second-order valence-electron chi connectivity index (χ2n) is 4.97. The standard InChI is InChI=1S/C14H21NO/c1-2-11-3-4-13(9-11)14(16)10-12-5-7-15-8-6-12/h5-8,11,13-14,16H,2-4,9-10H2,1H3. The minimum Gasteiger partial charge on any atom is -0.392 e. The van der Waals surface area contributed by atoms with Gasteiger partial charge < -0.3 is 5.11 Å². The molecule has 2 nitrogen and oxygen atoms in total. The van der Waals surface area contributed by atoms with Gasteiger partial charge in [0.2, 0.25) is 0 Å². The number of hydrogen-bond donors (Lipinski definition) is 1. The van der Waals surface area contributed by atoms with Gasteiger partial charge in [-0.1, -0.05) is 19.8 Å². The Kier molecular flexibility index (Phi) is 3.94. The average molecular weight is 219 g/mol. The molecule has 88 valence electrons. The first-order chi connectivity index (χ1) is 7.79. The molecular weight excluding hydrogens is 198 g/mol.